The van der Waals surface area contributed by atoms with Crippen molar-refractivity contribution in [2.45, 2.75) is 25.0 Å². The maximum absolute atomic E-state index is 13.4. The average molecular weight is 317 g/mol. The monoisotopic (exact) mass is 317 g/mol. The van der Waals surface area contributed by atoms with Crippen LogP contribution in [0.25, 0.3) is 0 Å². The second kappa shape index (κ2) is 6.99. The minimum atomic E-state index is -3.35. The van der Waals surface area contributed by atoms with E-state index < -0.39 is 7.60 Å². The normalized spacial score (nSPS) is 18.6. The number of nitrogens with one attached hydrogen (secondary N) is 1. The van der Waals surface area contributed by atoms with E-state index in [1.807, 2.05) is 36.4 Å². The van der Waals surface area contributed by atoms with E-state index in [1.54, 1.807) is 24.3 Å². The first-order chi connectivity index (χ1) is 10.8. The van der Waals surface area contributed by atoms with Crippen molar-refractivity contribution in [3.63, 3.8) is 0 Å². The van der Waals surface area contributed by atoms with Gasteiger partial charge in [0, 0.05) is 0 Å². The van der Waals surface area contributed by atoms with Gasteiger partial charge in [0.2, 0.25) is 0 Å². The highest BCUT2D eigenvalue weighted by Gasteiger charge is 2.39. The van der Waals surface area contributed by atoms with Gasteiger partial charge in [-0.05, 0) is 50.1 Å². The third-order valence-electron chi connectivity index (χ3n) is 3.62. The zero-order valence-electron chi connectivity index (χ0n) is 12.4. The van der Waals surface area contributed by atoms with Crippen LogP contribution in [0.4, 0.5) is 0 Å². The quantitative estimate of drug-likeness (QED) is 0.828. The van der Waals surface area contributed by atoms with Crippen LogP contribution in [0.1, 0.15) is 19.3 Å². The molecule has 116 valence electrons. The molecule has 0 aromatic heterocycles. The SMILES string of the molecule is O=P(Oc1ccccc1)(Oc1ccccc1)C1CCCCN1. The molecular weight excluding hydrogens is 297 g/mol. The van der Waals surface area contributed by atoms with Gasteiger partial charge in [-0.25, -0.2) is 4.57 Å². The summed E-state index contributed by atoms with van der Waals surface area (Å²) < 4.78 is 25.0. The Bertz CT molecular complexity index is 581. The van der Waals surface area contributed by atoms with Gasteiger partial charge in [0.05, 0.1) is 0 Å². The lowest BCUT2D eigenvalue weighted by atomic mass is 10.2. The fraction of sp³-hybridized carbons (Fsp3) is 0.294. The predicted molar refractivity (Wildman–Crippen MR) is 87.4 cm³/mol. The second-order valence-electron chi connectivity index (χ2n) is 5.31. The van der Waals surface area contributed by atoms with Gasteiger partial charge in [0.15, 0.2) is 0 Å². The highest BCUT2D eigenvalue weighted by Crippen LogP contribution is 2.53. The smallest absolute Gasteiger partial charge is 0.415 e. The van der Waals surface area contributed by atoms with E-state index in [2.05, 4.69) is 5.32 Å². The molecule has 1 saturated heterocycles. The molecule has 1 heterocycles. The maximum Gasteiger partial charge on any atom is 0.447 e. The van der Waals surface area contributed by atoms with Gasteiger partial charge >= 0.3 is 7.60 Å². The fourth-order valence-electron chi connectivity index (χ4n) is 2.51. The van der Waals surface area contributed by atoms with Crippen molar-refractivity contribution in [2.24, 2.45) is 0 Å². The van der Waals surface area contributed by atoms with Crippen molar-refractivity contribution in [1.29, 1.82) is 0 Å². The topological polar surface area (TPSA) is 47.6 Å². The van der Waals surface area contributed by atoms with Crippen LogP contribution in [0.3, 0.4) is 0 Å². The van der Waals surface area contributed by atoms with Crippen LogP contribution in [0.15, 0.2) is 60.7 Å². The van der Waals surface area contributed by atoms with Crippen molar-refractivity contribution in [3.05, 3.63) is 60.7 Å². The Morgan fingerprint density at radius 1 is 0.864 bits per heavy atom. The van der Waals surface area contributed by atoms with E-state index in [9.17, 15) is 4.57 Å². The van der Waals surface area contributed by atoms with Crippen LogP contribution in [0.2, 0.25) is 0 Å². The minimum Gasteiger partial charge on any atom is -0.415 e. The summed E-state index contributed by atoms with van der Waals surface area (Å²) in [5.74, 6) is 0.852. The molecule has 1 aliphatic heterocycles. The lowest BCUT2D eigenvalue weighted by molar-refractivity contribution is 0.340. The number of hydrogen-bond acceptors (Lipinski definition) is 4. The van der Waals surface area contributed by atoms with Crippen LogP contribution in [-0.2, 0) is 4.57 Å². The van der Waals surface area contributed by atoms with Crippen LogP contribution < -0.4 is 14.4 Å². The third kappa shape index (κ3) is 3.70. The van der Waals surface area contributed by atoms with Crippen molar-refractivity contribution in [3.8, 4) is 11.5 Å². The number of rotatable bonds is 5. The highest BCUT2D eigenvalue weighted by molar-refractivity contribution is 7.55. The molecular formula is C17H20NO3P. The molecule has 1 unspecified atom stereocenters. The van der Waals surface area contributed by atoms with Crippen LogP contribution in [0, 0.1) is 0 Å². The third-order valence-corrected chi connectivity index (χ3v) is 5.75. The van der Waals surface area contributed by atoms with Gasteiger partial charge in [0.1, 0.15) is 17.3 Å². The highest BCUT2D eigenvalue weighted by atomic mass is 31.2. The molecule has 0 saturated carbocycles. The standard InChI is InChI=1S/C17H20NO3P/c19-22(17-13-7-8-14-18-17,20-15-9-3-1-4-10-15)21-16-11-5-2-6-12-16/h1-6,9-12,17-18H,7-8,13-14H2. The second-order valence-corrected chi connectivity index (χ2v) is 7.38. The predicted octanol–water partition coefficient (Wildman–Crippen LogP) is 4.44. The Morgan fingerprint density at radius 2 is 1.41 bits per heavy atom. The molecule has 1 aliphatic rings. The Morgan fingerprint density at radius 3 is 1.86 bits per heavy atom. The summed E-state index contributed by atoms with van der Waals surface area (Å²) in [4.78, 5) is 0. The van der Waals surface area contributed by atoms with E-state index in [1.165, 1.54) is 0 Å². The zero-order chi connectivity index (χ0) is 15.3. The molecule has 0 aliphatic carbocycles. The molecule has 2 aromatic rings. The first-order valence-corrected chi connectivity index (χ1v) is 9.20. The lowest BCUT2D eigenvalue weighted by Gasteiger charge is -2.30. The summed E-state index contributed by atoms with van der Waals surface area (Å²) in [7, 11) is -3.35. The van der Waals surface area contributed by atoms with Crippen LogP contribution in [0.5, 0.6) is 11.5 Å². The Labute approximate surface area is 131 Å². The Kier molecular flexibility index (Phi) is 4.81. The maximum atomic E-state index is 13.4. The van der Waals surface area contributed by atoms with Gasteiger partial charge < -0.3 is 14.4 Å². The van der Waals surface area contributed by atoms with Gasteiger partial charge in [-0.1, -0.05) is 36.4 Å². The fourth-order valence-corrected chi connectivity index (χ4v) is 4.48. The summed E-state index contributed by atoms with van der Waals surface area (Å²) in [5, 5.41) is 3.29. The minimum absolute atomic E-state index is 0.276. The zero-order valence-corrected chi connectivity index (χ0v) is 13.2. The first kappa shape index (κ1) is 15.1. The largest absolute Gasteiger partial charge is 0.447 e. The van der Waals surface area contributed by atoms with Crippen molar-refractivity contribution >= 4 is 7.60 Å². The van der Waals surface area contributed by atoms with Crippen molar-refractivity contribution in [2.75, 3.05) is 6.54 Å². The van der Waals surface area contributed by atoms with E-state index in [4.69, 9.17) is 9.05 Å². The molecule has 0 radical (unpaired) electrons. The Balaban J connectivity index is 1.85. The summed E-state index contributed by atoms with van der Waals surface area (Å²) in [5.41, 5.74) is 0. The van der Waals surface area contributed by atoms with Crippen molar-refractivity contribution in [1.82, 2.24) is 5.32 Å². The molecule has 5 heteroatoms. The molecule has 1 N–H and O–H groups in total. The number of para-hydroxylation sites is 2. The van der Waals surface area contributed by atoms with Crippen LogP contribution >= 0.6 is 7.60 Å². The molecule has 0 amide bonds. The number of hydrogen-bond donors (Lipinski definition) is 1. The van der Waals surface area contributed by atoms with Gasteiger partial charge in [-0.15, -0.1) is 0 Å². The molecule has 22 heavy (non-hydrogen) atoms. The summed E-state index contributed by atoms with van der Waals surface area (Å²) >= 11 is 0. The van der Waals surface area contributed by atoms with Gasteiger partial charge in [-0.3, -0.25) is 0 Å². The average Bonchev–Trinajstić information content (AvgIpc) is 2.57. The molecule has 1 atom stereocenters. The van der Waals surface area contributed by atoms with Gasteiger partial charge in [0.25, 0.3) is 0 Å². The molecule has 4 nitrogen and oxygen atoms in total. The molecule has 1 fully saturated rings. The number of piperidine rings is 1. The van der Waals surface area contributed by atoms with Crippen molar-refractivity contribution < 1.29 is 13.6 Å². The van der Waals surface area contributed by atoms with E-state index in [0.717, 1.165) is 25.8 Å². The first-order valence-electron chi connectivity index (χ1n) is 7.59. The molecule has 3 rings (SSSR count). The van der Waals surface area contributed by atoms with Crippen LogP contribution in [-0.4, -0.2) is 12.3 Å². The molecule has 2 aromatic carbocycles. The van der Waals surface area contributed by atoms with E-state index in [-0.39, 0.29) is 5.78 Å². The summed E-state index contributed by atoms with van der Waals surface area (Å²) in [6.45, 7) is 0.838. The number of benzene rings is 2. The summed E-state index contributed by atoms with van der Waals surface area (Å²) in [6, 6.07) is 18.4. The molecule has 0 bridgehead atoms. The lowest BCUT2D eigenvalue weighted by Crippen LogP contribution is -2.36. The van der Waals surface area contributed by atoms with E-state index in [0.29, 0.717) is 11.5 Å². The Hall–Kier alpha value is -1.77. The summed E-state index contributed by atoms with van der Waals surface area (Å²) in [6.07, 6.45) is 2.90. The van der Waals surface area contributed by atoms with E-state index >= 15 is 0 Å². The van der Waals surface area contributed by atoms with Gasteiger partial charge in [-0.2, -0.15) is 0 Å². The molecule has 0 spiro atoms.